The van der Waals surface area contributed by atoms with E-state index in [2.05, 4.69) is 19.2 Å². The van der Waals surface area contributed by atoms with E-state index in [1.807, 2.05) is 24.3 Å². The van der Waals surface area contributed by atoms with Gasteiger partial charge in [0.05, 0.1) is 5.69 Å². The molecule has 1 N–H and O–H groups in total. The zero-order chi connectivity index (χ0) is 22.4. The second kappa shape index (κ2) is 10.7. The van der Waals surface area contributed by atoms with Gasteiger partial charge in [0.2, 0.25) is 11.8 Å². The lowest BCUT2D eigenvalue weighted by atomic mass is 9.68. The maximum atomic E-state index is 13.4. The smallest absolute Gasteiger partial charge is 0.230 e. The molecule has 2 aliphatic rings. The lowest BCUT2D eigenvalue weighted by Crippen LogP contribution is -2.39. The van der Waals surface area contributed by atoms with E-state index in [4.69, 9.17) is 0 Å². The van der Waals surface area contributed by atoms with Crippen LogP contribution in [0.1, 0.15) is 72.1 Å². The minimum atomic E-state index is -0.298. The van der Waals surface area contributed by atoms with Gasteiger partial charge in [-0.25, -0.2) is 0 Å². The summed E-state index contributed by atoms with van der Waals surface area (Å²) in [4.78, 5) is 40.5. The number of carbonyl (C=O) groups excluding carboxylic acids is 3. The van der Waals surface area contributed by atoms with Gasteiger partial charge in [-0.05, 0) is 61.9 Å². The highest BCUT2D eigenvalue weighted by molar-refractivity contribution is 8.13. The summed E-state index contributed by atoms with van der Waals surface area (Å²) < 4.78 is 0. The molecule has 0 unspecified atom stereocenters. The fourth-order valence-corrected chi connectivity index (χ4v) is 6.06. The van der Waals surface area contributed by atoms with Crippen molar-refractivity contribution >= 4 is 34.4 Å². The molecule has 2 fully saturated rings. The third-order valence-corrected chi connectivity index (χ3v) is 7.82. The minimum absolute atomic E-state index is 0.0463. The summed E-state index contributed by atoms with van der Waals surface area (Å²) in [7, 11) is 0. The molecule has 0 radical (unpaired) electrons. The number of carbonyl (C=O) groups is 3. The second-order valence-corrected chi connectivity index (χ2v) is 10.6. The van der Waals surface area contributed by atoms with Gasteiger partial charge in [0.25, 0.3) is 0 Å². The van der Waals surface area contributed by atoms with Crippen molar-refractivity contribution in [1.82, 2.24) is 4.90 Å². The van der Waals surface area contributed by atoms with E-state index in [0.717, 1.165) is 42.7 Å². The molecular formula is C25H36N2O3S. The average Bonchev–Trinajstić information content (AvgIpc) is 2.75. The molecule has 1 saturated carbocycles. The molecule has 3 rings (SSSR count). The van der Waals surface area contributed by atoms with Crippen LogP contribution in [-0.2, 0) is 14.4 Å². The van der Waals surface area contributed by atoms with E-state index in [1.165, 1.54) is 18.2 Å². The number of thioether (sulfide) groups is 1. The van der Waals surface area contributed by atoms with Gasteiger partial charge in [0, 0.05) is 36.2 Å². The highest BCUT2D eigenvalue weighted by Gasteiger charge is 2.40. The molecule has 1 aliphatic heterocycles. The van der Waals surface area contributed by atoms with E-state index >= 15 is 0 Å². The number of hydrogen-bond donors (Lipinski definition) is 1. The number of rotatable bonds is 6. The van der Waals surface area contributed by atoms with Gasteiger partial charge in [-0.1, -0.05) is 45.2 Å². The van der Waals surface area contributed by atoms with Gasteiger partial charge in [-0.3, -0.25) is 14.4 Å². The first-order valence-corrected chi connectivity index (χ1v) is 12.5. The monoisotopic (exact) mass is 444 g/mol. The largest absolute Gasteiger partial charge is 0.343 e. The summed E-state index contributed by atoms with van der Waals surface area (Å²) >= 11 is 1.23. The van der Waals surface area contributed by atoms with Crippen LogP contribution < -0.4 is 5.32 Å². The van der Waals surface area contributed by atoms with Crippen LogP contribution in [0.2, 0.25) is 0 Å². The van der Waals surface area contributed by atoms with Crippen LogP contribution in [-0.4, -0.2) is 34.9 Å². The van der Waals surface area contributed by atoms with Crippen LogP contribution in [0, 0.1) is 17.3 Å². The normalized spacial score (nSPS) is 19.3. The number of anilines is 1. The fourth-order valence-electron chi connectivity index (χ4n) is 5.07. The molecule has 5 nitrogen and oxygen atoms in total. The van der Waals surface area contributed by atoms with E-state index in [9.17, 15) is 14.4 Å². The SMILES string of the molecule is CC(=O)N1CCC(C(=O)Sc2ccccc2NC(=O)C2(CC(C)C)CCCCC2)CC1. The first-order chi connectivity index (χ1) is 14.8. The Morgan fingerprint density at radius 2 is 1.74 bits per heavy atom. The number of amides is 2. The molecule has 0 bridgehead atoms. The summed E-state index contributed by atoms with van der Waals surface area (Å²) in [6, 6.07) is 7.64. The minimum Gasteiger partial charge on any atom is -0.343 e. The Labute approximate surface area is 190 Å². The Morgan fingerprint density at radius 1 is 1.10 bits per heavy atom. The first kappa shape index (κ1) is 23.8. The van der Waals surface area contributed by atoms with Crippen molar-refractivity contribution in [3.63, 3.8) is 0 Å². The number of nitrogens with zero attached hydrogens (tertiary/aromatic N) is 1. The number of nitrogens with one attached hydrogen (secondary N) is 1. The van der Waals surface area contributed by atoms with Crippen LogP contribution >= 0.6 is 11.8 Å². The topological polar surface area (TPSA) is 66.5 Å². The molecule has 1 heterocycles. The third-order valence-electron chi connectivity index (χ3n) is 6.71. The number of para-hydroxylation sites is 1. The van der Waals surface area contributed by atoms with Gasteiger partial charge in [0.1, 0.15) is 0 Å². The highest BCUT2D eigenvalue weighted by atomic mass is 32.2. The predicted molar refractivity (Wildman–Crippen MR) is 126 cm³/mol. The molecule has 0 spiro atoms. The zero-order valence-corrected chi connectivity index (χ0v) is 19.9. The van der Waals surface area contributed by atoms with Crippen LogP contribution in [0.25, 0.3) is 0 Å². The zero-order valence-electron chi connectivity index (χ0n) is 19.1. The summed E-state index contributed by atoms with van der Waals surface area (Å²) in [6.45, 7) is 7.23. The van der Waals surface area contributed by atoms with Crippen molar-refractivity contribution in [2.45, 2.75) is 77.0 Å². The van der Waals surface area contributed by atoms with E-state index in [-0.39, 0.29) is 28.3 Å². The van der Waals surface area contributed by atoms with Crippen LogP contribution in [0.3, 0.4) is 0 Å². The molecule has 0 aromatic heterocycles. The standard InChI is InChI=1S/C25H36N2O3S/c1-18(2)17-25(13-7-4-8-14-25)24(30)26-21-9-5-6-10-22(21)31-23(29)20-11-15-27(16-12-20)19(3)28/h5-6,9-10,18,20H,4,7-8,11-17H2,1-3H3,(H,26,30). The maximum Gasteiger partial charge on any atom is 0.230 e. The number of likely N-dealkylation sites (tertiary alicyclic amines) is 1. The molecule has 170 valence electrons. The van der Waals surface area contributed by atoms with E-state index < -0.39 is 0 Å². The van der Waals surface area contributed by atoms with Crippen molar-refractivity contribution in [3.05, 3.63) is 24.3 Å². The molecule has 0 atom stereocenters. The predicted octanol–water partition coefficient (Wildman–Crippen LogP) is 5.50. The summed E-state index contributed by atoms with van der Waals surface area (Å²) in [5.41, 5.74) is 0.439. The molecule has 1 saturated heterocycles. The van der Waals surface area contributed by atoms with E-state index in [0.29, 0.717) is 31.8 Å². The Hall–Kier alpha value is -1.82. The summed E-state index contributed by atoms with van der Waals surface area (Å²) in [5.74, 6) is 0.603. The van der Waals surface area contributed by atoms with Gasteiger partial charge in [-0.15, -0.1) is 0 Å². The molecule has 1 aliphatic carbocycles. The lowest BCUT2D eigenvalue weighted by molar-refractivity contribution is -0.131. The molecular weight excluding hydrogens is 408 g/mol. The Balaban J connectivity index is 1.68. The Bertz CT molecular complexity index is 794. The second-order valence-electron chi connectivity index (χ2n) is 9.59. The fraction of sp³-hybridized carbons (Fsp3) is 0.640. The van der Waals surface area contributed by atoms with Gasteiger partial charge in [0.15, 0.2) is 5.12 Å². The maximum absolute atomic E-state index is 13.4. The molecule has 1 aromatic carbocycles. The number of hydrogen-bond acceptors (Lipinski definition) is 4. The quantitative estimate of drug-likeness (QED) is 0.589. The van der Waals surface area contributed by atoms with Gasteiger partial charge in [-0.2, -0.15) is 0 Å². The third kappa shape index (κ3) is 6.12. The van der Waals surface area contributed by atoms with Crippen LogP contribution in [0.15, 0.2) is 29.2 Å². The van der Waals surface area contributed by atoms with Gasteiger partial charge >= 0.3 is 0 Å². The van der Waals surface area contributed by atoms with Crippen molar-refractivity contribution in [1.29, 1.82) is 0 Å². The Kier molecular flexibility index (Phi) is 8.20. The first-order valence-electron chi connectivity index (χ1n) is 11.7. The van der Waals surface area contributed by atoms with Crippen LogP contribution in [0.5, 0.6) is 0 Å². The number of benzene rings is 1. The highest BCUT2D eigenvalue weighted by Crippen LogP contribution is 2.43. The molecule has 6 heteroatoms. The van der Waals surface area contributed by atoms with Crippen molar-refractivity contribution in [2.24, 2.45) is 17.3 Å². The lowest BCUT2D eigenvalue weighted by Gasteiger charge is -2.37. The molecule has 1 aromatic rings. The van der Waals surface area contributed by atoms with Crippen molar-refractivity contribution in [2.75, 3.05) is 18.4 Å². The number of piperidine rings is 1. The average molecular weight is 445 g/mol. The Morgan fingerprint density at radius 3 is 2.35 bits per heavy atom. The summed E-state index contributed by atoms with van der Waals surface area (Å²) in [5, 5.41) is 3.32. The van der Waals surface area contributed by atoms with Crippen LogP contribution in [0.4, 0.5) is 5.69 Å². The molecule has 2 amide bonds. The molecule has 31 heavy (non-hydrogen) atoms. The van der Waals surface area contributed by atoms with E-state index in [1.54, 1.807) is 11.8 Å². The van der Waals surface area contributed by atoms with Gasteiger partial charge < -0.3 is 10.2 Å². The van der Waals surface area contributed by atoms with Crippen molar-refractivity contribution in [3.8, 4) is 0 Å². The summed E-state index contributed by atoms with van der Waals surface area (Å²) in [6.07, 6.45) is 7.62. The van der Waals surface area contributed by atoms with Crippen molar-refractivity contribution < 1.29 is 14.4 Å².